The number of fused-ring (bicyclic) bond motifs is 1. The maximum Gasteiger partial charge on any atom is 0.214 e. The number of nitrogens with one attached hydrogen (secondary N) is 1. The maximum atomic E-state index is 9.93. The van der Waals surface area contributed by atoms with Gasteiger partial charge >= 0.3 is 0 Å². The summed E-state index contributed by atoms with van der Waals surface area (Å²) in [5.74, 6) is 0. The van der Waals surface area contributed by atoms with Gasteiger partial charge in [0.05, 0.1) is 12.9 Å². The molecule has 4 unspecified atom stereocenters. The van der Waals surface area contributed by atoms with Gasteiger partial charge in [-0.3, -0.25) is 9.98 Å². The summed E-state index contributed by atoms with van der Waals surface area (Å²) in [6.07, 6.45) is -3.24. The first kappa shape index (κ1) is 12.9. The monoisotopic (exact) mass is 284 g/mol. The Balaban J connectivity index is 2.08. The van der Waals surface area contributed by atoms with Crippen LogP contribution in [0.2, 0.25) is 0 Å². The van der Waals surface area contributed by atoms with Gasteiger partial charge in [0.2, 0.25) is 5.49 Å². The van der Waals surface area contributed by atoms with Crippen LogP contribution in [0.25, 0.3) is 11.2 Å². The Hall–Kier alpha value is -2.08. The molecule has 1 saturated heterocycles. The highest BCUT2D eigenvalue weighted by Gasteiger charge is 2.44. The van der Waals surface area contributed by atoms with Crippen molar-refractivity contribution in [3.05, 3.63) is 11.8 Å². The van der Waals surface area contributed by atoms with E-state index in [-0.39, 0.29) is 21.5 Å². The molecule has 3 rings (SSSR count). The molecule has 1 aliphatic heterocycles. The molecule has 11 heteroatoms. The fraction of sp³-hybridized carbons (Fsp3) is 0.556. The molecular formula is C9H12N6O5. The Bertz CT molecular complexity index is 698. The molecule has 0 saturated carbocycles. The maximum absolute atomic E-state index is 9.93. The molecule has 0 spiro atoms. The summed E-state index contributed by atoms with van der Waals surface area (Å²) in [7, 11) is 0. The second kappa shape index (κ2) is 4.49. The molecule has 0 aliphatic carbocycles. The van der Waals surface area contributed by atoms with Crippen LogP contribution in [0, 0.1) is 5.41 Å². The van der Waals surface area contributed by atoms with Crippen LogP contribution in [0.4, 0.5) is 0 Å². The average Bonchev–Trinajstić information content (AvgIpc) is 2.98. The molecule has 0 aromatic carbocycles. The minimum atomic E-state index is -1.29. The Morgan fingerprint density at radius 1 is 1.35 bits per heavy atom. The Labute approximate surface area is 110 Å². The highest BCUT2D eigenvalue weighted by molar-refractivity contribution is 5.68. The summed E-state index contributed by atoms with van der Waals surface area (Å²) >= 11 is 0. The van der Waals surface area contributed by atoms with E-state index in [1.807, 2.05) is 0 Å². The standard InChI is InChI=1S/C9H12N6O5/c10-7-4-8(12-13-15(7)19)14(2-11-4)9-6(18)5(17)3(1-16)20-9/h2-3,5-6,9-10,16-19H,1H2. The van der Waals surface area contributed by atoms with Crippen molar-refractivity contribution < 1.29 is 25.3 Å². The molecule has 4 atom stereocenters. The lowest BCUT2D eigenvalue weighted by Crippen LogP contribution is -2.33. The fourth-order valence-electron chi connectivity index (χ4n) is 2.14. The number of aliphatic hydroxyl groups is 3. The van der Waals surface area contributed by atoms with Gasteiger partial charge in [-0.25, -0.2) is 4.98 Å². The zero-order valence-electron chi connectivity index (χ0n) is 10.0. The van der Waals surface area contributed by atoms with E-state index in [0.29, 0.717) is 0 Å². The minimum absolute atomic E-state index is 0.0558. The number of hydrogen-bond acceptors (Lipinski definition) is 9. The third-order valence-corrected chi connectivity index (χ3v) is 3.21. The number of ether oxygens (including phenoxy) is 1. The third kappa shape index (κ3) is 1.68. The van der Waals surface area contributed by atoms with E-state index >= 15 is 0 Å². The summed E-state index contributed by atoms with van der Waals surface area (Å²) in [5, 5.41) is 52.5. The second-order valence-electron chi connectivity index (χ2n) is 4.38. The molecule has 1 aliphatic rings. The van der Waals surface area contributed by atoms with Gasteiger partial charge in [-0.2, -0.15) is 0 Å². The number of aliphatic hydroxyl groups excluding tert-OH is 3. The smallest absolute Gasteiger partial charge is 0.214 e. The zero-order chi connectivity index (χ0) is 14.4. The molecule has 20 heavy (non-hydrogen) atoms. The third-order valence-electron chi connectivity index (χ3n) is 3.21. The van der Waals surface area contributed by atoms with Crippen LogP contribution >= 0.6 is 0 Å². The van der Waals surface area contributed by atoms with Crippen LogP contribution in [-0.4, -0.2) is 70.2 Å². The number of hydrogen-bond donors (Lipinski definition) is 5. The molecule has 0 radical (unpaired) electrons. The van der Waals surface area contributed by atoms with E-state index in [1.165, 1.54) is 10.9 Å². The Morgan fingerprint density at radius 3 is 2.75 bits per heavy atom. The second-order valence-corrected chi connectivity index (χ2v) is 4.38. The first-order valence-electron chi connectivity index (χ1n) is 5.73. The first-order chi connectivity index (χ1) is 9.54. The van der Waals surface area contributed by atoms with Gasteiger partial charge in [-0.15, -0.1) is 5.10 Å². The molecule has 108 valence electrons. The van der Waals surface area contributed by atoms with Crippen molar-refractivity contribution in [1.82, 2.24) is 24.7 Å². The molecule has 3 heterocycles. The molecule has 5 N–H and O–H groups in total. The predicted molar refractivity (Wildman–Crippen MR) is 59.4 cm³/mol. The molecule has 11 nitrogen and oxygen atoms in total. The van der Waals surface area contributed by atoms with Gasteiger partial charge in [0, 0.05) is 0 Å². The van der Waals surface area contributed by atoms with E-state index in [9.17, 15) is 15.4 Å². The Morgan fingerprint density at radius 2 is 2.10 bits per heavy atom. The van der Waals surface area contributed by atoms with Crippen LogP contribution in [-0.2, 0) is 4.74 Å². The molecule has 0 bridgehead atoms. The van der Waals surface area contributed by atoms with Crippen molar-refractivity contribution in [2.45, 2.75) is 24.5 Å². The average molecular weight is 284 g/mol. The van der Waals surface area contributed by atoms with Crippen molar-refractivity contribution in [1.29, 1.82) is 5.41 Å². The van der Waals surface area contributed by atoms with Crippen LogP contribution in [0.15, 0.2) is 6.33 Å². The highest BCUT2D eigenvalue weighted by Crippen LogP contribution is 2.30. The quantitative estimate of drug-likeness (QED) is 0.363. The topological polar surface area (TPSA) is 163 Å². The van der Waals surface area contributed by atoms with Gasteiger partial charge in [0.1, 0.15) is 18.3 Å². The van der Waals surface area contributed by atoms with E-state index in [4.69, 9.17) is 15.3 Å². The normalized spacial score (nSPS) is 30.1. The van der Waals surface area contributed by atoms with Crippen LogP contribution in [0.5, 0.6) is 0 Å². The molecule has 0 amide bonds. The lowest BCUT2D eigenvalue weighted by Gasteiger charge is -2.16. The van der Waals surface area contributed by atoms with E-state index < -0.39 is 31.1 Å². The summed E-state index contributed by atoms with van der Waals surface area (Å²) in [5.41, 5.74) is -0.212. The summed E-state index contributed by atoms with van der Waals surface area (Å²) in [4.78, 5) is 4.15. The molecule has 2 aromatic rings. The summed E-state index contributed by atoms with van der Waals surface area (Å²) in [6.45, 7) is -0.451. The number of rotatable bonds is 2. The van der Waals surface area contributed by atoms with Crippen LogP contribution in [0.1, 0.15) is 6.23 Å². The first-order valence-corrected chi connectivity index (χ1v) is 5.73. The lowest BCUT2D eigenvalue weighted by atomic mass is 10.1. The van der Waals surface area contributed by atoms with Crippen molar-refractivity contribution >= 4 is 11.2 Å². The van der Waals surface area contributed by atoms with Gasteiger partial charge in [-0.05, 0) is 5.21 Å². The summed E-state index contributed by atoms with van der Waals surface area (Å²) in [6, 6.07) is 0. The number of nitrogens with zero attached hydrogens (tertiary/aromatic N) is 5. The summed E-state index contributed by atoms with van der Waals surface area (Å²) < 4.78 is 6.61. The van der Waals surface area contributed by atoms with E-state index in [2.05, 4.69) is 15.3 Å². The van der Waals surface area contributed by atoms with E-state index in [0.717, 1.165) is 0 Å². The fourth-order valence-corrected chi connectivity index (χ4v) is 2.14. The molecular weight excluding hydrogens is 272 g/mol. The van der Waals surface area contributed by atoms with Crippen molar-refractivity contribution in [3.63, 3.8) is 0 Å². The van der Waals surface area contributed by atoms with Gasteiger partial charge in [0.15, 0.2) is 17.4 Å². The van der Waals surface area contributed by atoms with Crippen LogP contribution in [0.3, 0.4) is 0 Å². The van der Waals surface area contributed by atoms with Crippen LogP contribution < -0.4 is 5.49 Å². The molecule has 2 aromatic heterocycles. The van der Waals surface area contributed by atoms with E-state index in [1.54, 1.807) is 0 Å². The predicted octanol–water partition coefficient (Wildman–Crippen LogP) is -3.04. The van der Waals surface area contributed by atoms with Crippen molar-refractivity contribution in [3.8, 4) is 0 Å². The van der Waals surface area contributed by atoms with Crippen molar-refractivity contribution in [2.24, 2.45) is 0 Å². The van der Waals surface area contributed by atoms with Gasteiger partial charge < -0.3 is 25.3 Å². The number of aromatic nitrogens is 5. The zero-order valence-corrected chi connectivity index (χ0v) is 10.0. The van der Waals surface area contributed by atoms with Crippen molar-refractivity contribution in [2.75, 3.05) is 6.61 Å². The largest absolute Gasteiger partial charge is 0.409 e. The number of imidazole rings is 1. The van der Waals surface area contributed by atoms with Gasteiger partial charge in [0.25, 0.3) is 0 Å². The SMILES string of the molecule is N=c1c2ncn(C3OC(CO)C(O)C3O)c2nnn1O. The highest BCUT2D eigenvalue weighted by atomic mass is 16.6. The molecule has 1 fully saturated rings. The lowest BCUT2D eigenvalue weighted by molar-refractivity contribution is -0.0512. The van der Waals surface area contributed by atoms with Gasteiger partial charge in [-0.1, -0.05) is 4.85 Å². The minimum Gasteiger partial charge on any atom is -0.409 e. The Kier molecular flexibility index (Phi) is 2.90.